The molecule has 1 aliphatic rings. The molecule has 0 amide bonds. The summed E-state index contributed by atoms with van der Waals surface area (Å²) >= 11 is 0. The predicted octanol–water partition coefficient (Wildman–Crippen LogP) is 2.49. The van der Waals surface area contributed by atoms with Crippen LogP contribution in [-0.2, 0) is 30.6 Å². The van der Waals surface area contributed by atoms with E-state index >= 15 is 0 Å². The van der Waals surface area contributed by atoms with Crippen molar-refractivity contribution in [3.63, 3.8) is 0 Å². The molecule has 0 aromatic heterocycles. The summed E-state index contributed by atoms with van der Waals surface area (Å²) in [6.07, 6.45) is 2.56. The van der Waals surface area contributed by atoms with Crippen molar-refractivity contribution >= 4 is 8.07 Å². The van der Waals surface area contributed by atoms with Crippen LogP contribution in [0.5, 0.6) is 0 Å². The van der Waals surface area contributed by atoms with Gasteiger partial charge in [-0.25, -0.2) is 0 Å². The van der Waals surface area contributed by atoms with Gasteiger partial charge in [-0.2, -0.15) is 0 Å². The Morgan fingerprint density at radius 2 is 1.36 bits per heavy atom. The zero-order valence-corrected chi connectivity index (χ0v) is 10.8. The Morgan fingerprint density at radius 1 is 1.09 bits per heavy atom. The molecule has 0 aromatic rings. The van der Waals surface area contributed by atoms with E-state index in [9.17, 15) is 0 Å². The fraction of sp³-hybridized carbons (Fsp3) is 0.875. The molecule has 0 bridgehead atoms. The van der Waals surface area contributed by atoms with Crippen molar-refractivity contribution in [2.75, 3.05) is 13.2 Å². The van der Waals surface area contributed by atoms with Gasteiger partial charge < -0.3 is 11.3 Å². The average molecular weight is 204 g/mol. The molecule has 3 heteroatoms. The number of hydrogen-bond donors (Lipinski definition) is 0. The topological polar surface area (TPSA) is 9.23 Å². The van der Waals surface area contributed by atoms with Crippen molar-refractivity contribution in [2.24, 2.45) is 0 Å². The second kappa shape index (κ2) is 7.68. The summed E-state index contributed by atoms with van der Waals surface area (Å²) in [5.74, 6) is 0. The molecule has 0 N–H and O–H groups in total. The molecule has 0 atom stereocenters. The first-order valence-corrected chi connectivity index (χ1v) is 7.64. The predicted molar refractivity (Wildman–Crippen MR) is 48.8 cm³/mol. The van der Waals surface area contributed by atoms with Gasteiger partial charge in [-0.3, -0.25) is 0 Å². The van der Waals surface area contributed by atoms with E-state index in [-0.39, 0.29) is 25.8 Å². The van der Waals surface area contributed by atoms with E-state index in [2.05, 4.69) is 26.2 Å². The van der Waals surface area contributed by atoms with E-state index in [4.69, 9.17) is 4.74 Å². The van der Waals surface area contributed by atoms with Crippen molar-refractivity contribution in [1.82, 2.24) is 0 Å². The van der Waals surface area contributed by atoms with E-state index in [1.165, 1.54) is 12.8 Å². The van der Waals surface area contributed by atoms with Gasteiger partial charge in [-0.1, -0.05) is 19.6 Å². The van der Waals surface area contributed by atoms with Crippen molar-refractivity contribution < 1.29 is 30.6 Å². The summed E-state index contributed by atoms with van der Waals surface area (Å²) in [7, 11) is -0.861. The normalized spacial score (nSPS) is 16.4. The van der Waals surface area contributed by atoms with E-state index < -0.39 is 8.07 Å². The Hall–Kier alpha value is 1.05. The van der Waals surface area contributed by atoms with Crippen LogP contribution in [0.3, 0.4) is 0 Å². The van der Waals surface area contributed by atoms with Crippen LogP contribution in [0.4, 0.5) is 0 Å². The van der Waals surface area contributed by atoms with E-state index in [1.54, 1.807) is 0 Å². The molecule has 0 aliphatic carbocycles. The Labute approximate surface area is 90.7 Å². The quantitative estimate of drug-likeness (QED) is 0.435. The zero-order valence-electron chi connectivity index (χ0n) is 8.02. The summed E-state index contributed by atoms with van der Waals surface area (Å²) in [5, 5.41) is 0. The minimum atomic E-state index is -0.861. The van der Waals surface area contributed by atoms with Crippen molar-refractivity contribution in [2.45, 2.75) is 32.5 Å². The van der Waals surface area contributed by atoms with Gasteiger partial charge in [0.15, 0.2) is 0 Å². The van der Waals surface area contributed by atoms with Crippen molar-refractivity contribution in [3.05, 3.63) is 6.55 Å². The Morgan fingerprint density at radius 3 is 1.45 bits per heavy atom. The maximum absolute atomic E-state index is 4.94. The monoisotopic (exact) mass is 204 g/mol. The average Bonchev–Trinajstić information content (AvgIpc) is 2.07. The Bertz CT molecular complexity index is 63.0. The molecule has 11 heavy (non-hydrogen) atoms. The fourth-order valence-electron chi connectivity index (χ4n) is 0.510. The smallest absolute Gasteiger partial charge is 0.0466 e. The fourth-order valence-corrected chi connectivity index (χ4v) is 0.510. The molecule has 1 rings (SSSR count). The third kappa shape index (κ3) is 24.7. The maximum Gasteiger partial charge on any atom is 0.0466 e. The maximum atomic E-state index is 4.94. The Balaban J connectivity index is 0. The van der Waals surface area contributed by atoms with Crippen LogP contribution in [-0.4, -0.2) is 21.3 Å². The van der Waals surface area contributed by atoms with Crippen LogP contribution in [0.25, 0.3) is 0 Å². The van der Waals surface area contributed by atoms with Crippen LogP contribution in [0.2, 0.25) is 19.6 Å². The molecule has 0 spiro atoms. The van der Waals surface area contributed by atoms with E-state index in [1.807, 2.05) is 0 Å². The largest absolute Gasteiger partial charge is 0.381 e. The third-order valence-electron chi connectivity index (χ3n) is 0.827. The molecule has 1 saturated heterocycles. The summed E-state index contributed by atoms with van der Waals surface area (Å²) in [5.41, 5.74) is 0. The van der Waals surface area contributed by atoms with Gasteiger partial charge in [0, 0.05) is 39.1 Å². The van der Waals surface area contributed by atoms with Crippen LogP contribution < -0.4 is 0 Å². The molecule has 65 valence electrons. The SMILES string of the molecule is C1CCOC1.[CH2-][Si](C)(C)C.[Sc]. The van der Waals surface area contributed by atoms with Crippen LogP contribution >= 0.6 is 0 Å². The summed E-state index contributed by atoms with van der Waals surface area (Å²) < 4.78 is 4.94. The molecule has 0 aromatic carbocycles. The van der Waals surface area contributed by atoms with Gasteiger partial charge in [-0.05, 0) is 12.8 Å². The van der Waals surface area contributed by atoms with Gasteiger partial charge in [0.2, 0.25) is 0 Å². The van der Waals surface area contributed by atoms with Crippen molar-refractivity contribution in [3.8, 4) is 0 Å². The van der Waals surface area contributed by atoms with Gasteiger partial charge >= 0.3 is 0 Å². The number of ether oxygens (including phenoxy) is 1. The molecule has 1 aliphatic heterocycles. The van der Waals surface area contributed by atoms with Crippen LogP contribution in [0.15, 0.2) is 0 Å². The first-order chi connectivity index (χ1) is 4.50. The summed E-state index contributed by atoms with van der Waals surface area (Å²) in [4.78, 5) is 0. The second-order valence-corrected chi connectivity index (χ2v) is 9.00. The van der Waals surface area contributed by atoms with Gasteiger partial charge in [0.25, 0.3) is 0 Å². The first kappa shape index (κ1) is 14.6. The number of hydrogen-bond acceptors (Lipinski definition) is 1. The van der Waals surface area contributed by atoms with Gasteiger partial charge in [0.05, 0.1) is 0 Å². The van der Waals surface area contributed by atoms with Crippen LogP contribution in [0, 0.1) is 6.55 Å². The summed E-state index contributed by atoms with van der Waals surface area (Å²) in [6.45, 7) is 12.6. The third-order valence-corrected chi connectivity index (χ3v) is 0.827. The van der Waals surface area contributed by atoms with E-state index in [0.717, 1.165) is 13.2 Å². The van der Waals surface area contributed by atoms with E-state index in [0.29, 0.717) is 0 Å². The summed E-state index contributed by atoms with van der Waals surface area (Å²) in [6, 6.07) is 0. The first-order valence-electron chi connectivity index (χ1n) is 3.93. The van der Waals surface area contributed by atoms with Gasteiger partial charge in [0.1, 0.15) is 0 Å². The zero-order chi connectivity index (χ0) is 8.04. The molecule has 1 radical (unpaired) electrons. The molecule has 0 saturated carbocycles. The van der Waals surface area contributed by atoms with Crippen molar-refractivity contribution in [1.29, 1.82) is 0 Å². The molecule has 0 unspecified atom stereocenters. The number of rotatable bonds is 0. The minimum absolute atomic E-state index is 0. The van der Waals surface area contributed by atoms with Crippen LogP contribution in [0.1, 0.15) is 12.8 Å². The molecule has 1 heterocycles. The molecule has 1 nitrogen and oxygen atoms in total. The minimum Gasteiger partial charge on any atom is -0.381 e. The molecular formula is C8H19OScSi-. The second-order valence-electron chi connectivity index (χ2n) is 3.88. The molecular weight excluding hydrogens is 185 g/mol. The Kier molecular flexibility index (Phi) is 10.2. The standard InChI is InChI=1S/C4H8O.C4H11Si.Sc/c1-2-4-5-3-1;1-5(2,3)4;/h1-4H2;1H2,2-4H3;/q;-1;. The molecule has 1 fully saturated rings. The van der Waals surface area contributed by atoms with Gasteiger partial charge in [-0.15, -0.1) is 8.07 Å².